The maximum absolute atomic E-state index is 11.7. The largest absolute Gasteiger partial charge is 0.396 e. The van der Waals surface area contributed by atoms with Crippen molar-refractivity contribution < 1.29 is 9.90 Å². The Labute approximate surface area is 109 Å². The SMILES string of the molecule is O=C(Cn1ncc(=O)c2ccccc21)NCCCO. The number of hydrogen-bond acceptors (Lipinski definition) is 4. The molecule has 0 spiro atoms. The molecule has 0 saturated carbocycles. The van der Waals surface area contributed by atoms with Crippen molar-refractivity contribution in [2.45, 2.75) is 13.0 Å². The van der Waals surface area contributed by atoms with E-state index < -0.39 is 0 Å². The molecule has 0 radical (unpaired) electrons. The molecule has 0 unspecified atom stereocenters. The second kappa shape index (κ2) is 6.10. The first-order valence-electron chi connectivity index (χ1n) is 6.05. The highest BCUT2D eigenvalue weighted by atomic mass is 16.3. The summed E-state index contributed by atoms with van der Waals surface area (Å²) in [5, 5.41) is 15.8. The van der Waals surface area contributed by atoms with Crippen LogP contribution in [0.4, 0.5) is 0 Å². The standard InChI is InChI=1S/C13H15N3O3/c17-7-3-6-14-13(19)9-16-11-5-2-1-4-10(11)12(18)8-15-16/h1-2,4-5,8,17H,3,6-7,9H2,(H,14,19). The molecule has 6 nitrogen and oxygen atoms in total. The van der Waals surface area contributed by atoms with Gasteiger partial charge in [0.25, 0.3) is 0 Å². The Morgan fingerprint density at radius 3 is 2.95 bits per heavy atom. The van der Waals surface area contributed by atoms with Crippen molar-refractivity contribution in [1.29, 1.82) is 0 Å². The highest BCUT2D eigenvalue weighted by Crippen LogP contribution is 2.07. The van der Waals surface area contributed by atoms with Gasteiger partial charge in [0.05, 0.1) is 11.7 Å². The van der Waals surface area contributed by atoms with Gasteiger partial charge in [-0.05, 0) is 18.6 Å². The van der Waals surface area contributed by atoms with Gasteiger partial charge in [0.2, 0.25) is 11.3 Å². The molecule has 0 aliphatic carbocycles. The first-order valence-corrected chi connectivity index (χ1v) is 6.05. The number of fused-ring (bicyclic) bond motifs is 1. The summed E-state index contributed by atoms with van der Waals surface area (Å²) in [5.41, 5.74) is 0.472. The third-order valence-electron chi connectivity index (χ3n) is 2.71. The number of aliphatic hydroxyl groups excluding tert-OH is 1. The molecule has 6 heteroatoms. The van der Waals surface area contributed by atoms with Gasteiger partial charge in [-0.15, -0.1) is 0 Å². The minimum absolute atomic E-state index is 0.0412. The zero-order chi connectivity index (χ0) is 13.7. The normalized spacial score (nSPS) is 10.6. The molecular weight excluding hydrogens is 246 g/mol. The van der Waals surface area contributed by atoms with Gasteiger partial charge >= 0.3 is 0 Å². The molecule has 0 fully saturated rings. The first kappa shape index (κ1) is 13.2. The molecule has 0 atom stereocenters. The molecule has 1 aromatic carbocycles. The number of rotatable bonds is 5. The summed E-state index contributed by atoms with van der Waals surface area (Å²) < 4.78 is 1.49. The van der Waals surface area contributed by atoms with Crippen molar-refractivity contribution in [3.8, 4) is 0 Å². The predicted molar refractivity (Wildman–Crippen MR) is 70.7 cm³/mol. The number of nitrogens with zero attached hydrogens (tertiary/aromatic N) is 2. The minimum atomic E-state index is -0.199. The van der Waals surface area contributed by atoms with E-state index in [1.165, 1.54) is 10.9 Å². The average molecular weight is 261 g/mol. The lowest BCUT2D eigenvalue weighted by atomic mass is 10.2. The van der Waals surface area contributed by atoms with Crippen molar-refractivity contribution in [2.24, 2.45) is 0 Å². The van der Waals surface area contributed by atoms with E-state index in [1.54, 1.807) is 24.3 Å². The van der Waals surface area contributed by atoms with Crippen molar-refractivity contribution in [3.63, 3.8) is 0 Å². The molecule has 1 amide bonds. The smallest absolute Gasteiger partial charge is 0.241 e. The molecule has 1 heterocycles. The van der Waals surface area contributed by atoms with Crippen LogP contribution in [0, 0.1) is 0 Å². The van der Waals surface area contributed by atoms with Gasteiger partial charge in [-0.3, -0.25) is 14.3 Å². The molecule has 0 aliphatic heterocycles. The highest BCUT2D eigenvalue weighted by molar-refractivity contribution is 5.81. The number of aliphatic hydroxyl groups is 1. The summed E-state index contributed by atoms with van der Waals surface area (Å²) in [4.78, 5) is 23.3. The number of hydrogen-bond donors (Lipinski definition) is 2. The van der Waals surface area contributed by atoms with Crippen LogP contribution in [0.5, 0.6) is 0 Å². The Hall–Kier alpha value is -2.21. The Morgan fingerprint density at radius 1 is 1.37 bits per heavy atom. The number of carbonyl (C=O) groups is 1. The Kier molecular flexibility index (Phi) is 4.25. The lowest BCUT2D eigenvalue weighted by molar-refractivity contribution is -0.121. The van der Waals surface area contributed by atoms with Gasteiger partial charge in [-0.2, -0.15) is 5.10 Å². The van der Waals surface area contributed by atoms with E-state index in [4.69, 9.17) is 5.11 Å². The molecule has 0 bridgehead atoms. The van der Waals surface area contributed by atoms with Crippen LogP contribution in [-0.2, 0) is 11.3 Å². The fraction of sp³-hybridized carbons (Fsp3) is 0.308. The summed E-state index contributed by atoms with van der Waals surface area (Å²) in [6.07, 6.45) is 1.73. The van der Waals surface area contributed by atoms with Gasteiger partial charge in [-0.1, -0.05) is 12.1 Å². The van der Waals surface area contributed by atoms with Crippen molar-refractivity contribution >= 4 is 16.8 Å². The lowest BCUT2D eigenvalue weighted by Gasteiger charge is -2.09. The van der Waals surface area contributed by atoms with E-state index in [2.05, 4.69) is 10.4 Å². The van der Waals surface area contributed by atoms with Crippen molar-refractivity contribution in [2.75, 3.05) is 13.2 Å². The zero-order valence-electron chi connectivity index (χ0n) is 10.4. The van der Waals surface area contributed by atoms with Crippen LogP contribution < -0.4 is 10.7 Å². The zero-order valence-corrected chi connectivity index (χ0v) is 10.4. The van der Waals surface area contributed by atoms with E-state index >= 15 is 0 Å². The maximum Gasteiger partial charge on any atom is 0.241 e. The number of benzene rings is 1. The second-order valence-corrected chi connectivity index (χ2v) is 4.11. The topological polar surface area (TPSA) is 84.2 Å². The van der Waals surface area contributed by atoms with Crippen molar-refractivity contribution in [1.82, 2.24) is 15.1 Å². The Morgan fingerprint density at radius 2 is 2.16 bits per heavy atom. The molecule has 2 rings (SSSR count). The summed E-state index contributed by atoms with van der Waals surface area (Å²) >= 11 is 0. The van der Waals surface area contributed by atoms with E-state index in [9.17, 15) is 9.59 Å². The number of nitrogens with one attached hydrogen (secondary N) is 1. The average Bonchev–Trinajstić information content (AvgIpc) is 2.43. The van der Waals surface area contributed by atoms with Crippen LogP contribution >= 0.6 is 0 Å². The van der Waals surface area contributed by atoms with Crippen LogP contribution in [0.3, 0.4) is 0 Å². The van der Waals surface area contributed by atoms with Gasteiger partial charge in [-0.25, -0.2) is 0 Å². The van der Waals surface area contributed by atoms with Crippen LogP contribution in [0.1, 0.15) is 6.42 Å². The minimum Gasteiger partial charge on any atom is -0.396 e. The molecule has 0 saturated heterocycles. The quantitative estimate of drug-likeness (QED) is 0.736. The third-order valence-corrected chi connectivity index (χ3v) is 2.71. The summed E-state index contributed by atoms with van der Waals surface area (Å²) in [5.74, 6) is -0.199. The number of carbonyl (C=O) groups excluding carboxylic acids is 1. The monoisotopic (exact) mass is 261 g/mol. The van der Waals surface area contributed by atoms with E-state index in [1.807, 2.05) is 0 Å². The molecule has 100 valence electrons. The molecule has 1 aromatic heterocycles. The van der Waals surface area contributed by atoms with Crippen LogP contribution in [0.25, 0.3) is 10.9 Å². The van der Waals surface area contributed by atoms with Gasteiger partial charge in [0.15, 0.2) is 0 Å². The van der Waals surface area contributed by atoms with Crippen LogP contribution in [-0.4, -0.2) is 33.9 Å². The van der Waals surface area contributed by atoms with E-state index in [-0.39, 0.29) is 24.5 Å². The summed E-state index contributed by atoms with van der Waals surface area (Å²) in [7, 11) is 0. The third kappa shape index (κ3) is 3.17. The molecule has 0 aliphatic rings. The Balaban J connectivity index is 2.19. The fourth-order valence-corrected chi connectivity index (χ4v) is 1.79. The fourth-order valence-electron chi connectivity index (χ4n) is 1.79. The maximum atomic E-state index is 11.7. The van der Waals surface area contributed by atoms with Crippen molar-refractivity contribution in [3.05, 3.63) is 40.7 Å². The van der Waals surface area contributed by atoms with Gasteiger partial charge in [0.1, 0.15) is 6.54 Å². The van der Waals surface area contributed by atoms with E-state index in [0.717, 1.165) is 0 Å². The van der Waals surface area contributed by atoms with E-state index in [0.29, 0.717) is 23.9 Å². The van der Waals surface area contributed by atoms with Gasteiger partial charge < -0.3 is 10.4 Å². The molecule has 2 N–H and O–H groups in total. The lowest BCUT2D eigenvalue weighted by Crippen LogP contribution is -2.30. The first-order chi connectivity index (χ1) is 9.22. The number of para-hydroxylation sites is 1. The van der Waals surface area contributed by atoms with Crippen LogP contribution in [0.15, 0.2) is 35.3 Å². The Bertz CT molecular complexity index is 636. The number of aromatic nitrogens is 2. The number of amides is 1. The molecule has 2 aromatic rings. The predicted octanol–water partition coefficient (Wildman–Crippen LogP) is -0.105. The molecular formula is C13H15N3O3. The summed E-state index contributed by atoms with van der Waals surface area (Å²) in [6.45, 7) is 0.513. The van der Waals surface area contributed by atoms with Crippen LogP contribution in [0.2, 0.25) is 0 Å². The summed E-state index contributed by atoms with van der Waals surface area (Å²) in [6, 6.07) is 7.03. The van der Waals surface area contributed by atoms with Gasteiger partial charge in [0, 0.05) is 18.5 Å². The highest BCUT2D eigenvalue weighted by Gasteiger charge is 2.07. The second-order valence-electron chi connectivity index (χ2n) is 4.11. The molecule has 19 heavy (non-hydrogen) atoms.